The Morgan fingerprint density at radius 3 is 1.43 bits per heavy atom. The zero-order chi connectivity index (χ0) is 32.7. The average Bonchev–Trinajstić information content (AvgIpc) is 3.98. The van der Waals surface area contributed by atoms with Crippen LogP contribution in [0.5, 0.6) is 0 Å². The Morgan fingerprint density at radius 2 is 0.878 bits per heavy atom. The summed E-state index contributed by atoms with van der Waals surface area (Å²) < 4.78 is 0. The van der Waals surface area contributed by atoms with Gasteiger partial charge in [0.05, 0.1) is 28.5 Å². The molecule has 1 N–H and O–H groups in total. The van der Waals surface area contributed by atoms with E-state index in [1.165, 1.54) is 0 Å². The van der Waals surface area contributed by atoms with Crippen molar-refractivity contribution in [2.45, 2.75) is 6.92 Å². The van der Waals surface area contributed by atoms with E-state index in [4.69, 9.17) is 15.0 Å². The molecule has 0 saturated heterocycles. The first-order valence-electron chi connectivity index (χ1n) is 16.7. The Labute approximate surface area is 285 Å². The van der Waals surface area contributed by atoms with Gasteiger partial charge in [-0.3, -0.25) is 4.99 Å². The summed E-state index contributed by atoms with van der Waals surface area (Å²) in [6.07, 6.45) is 10.6. The maximum Gasteiger partial charge on any atom is 0.0738 e. The molecule has 4 aliphatic rings. The number of nitrogens with one attached hydrogen (secondary N) is 1. The molecule has 0 aliphatic carbocycles. The Bertz CT molecular complexity index is 2500. The molecule has 0 spiro atoms. The predicted octanol–water partition coefficient (Wildman–Crippen LogP) is 8.25. The van der Waals surface area contributed by atoms with Crippen LogP contribution in [-0.4, -0.2) is 22.1 Å². The fraction of sp³-hybridized carbons (Fsp3) is 0.0444. The van der Waals surface area contributed by atoms with Crippen LogP contribution in [0.2, 0.25) is 0 Å². The first-order chi connectivity index (χ1) is 24.2. The van der Waals surface area contributed by atoms with Crippen molar-refractivity contribution in [2.24, 2.45) is 20.9 Å². The van der Waals surface area contributed by atoms with E-state index in [1.807, 2.05) is 6.07 Å². The number of aromatic nitrogens is 1. The SMILES string of the molecule is CC1C2=CN=C1C(c1ccccc1)=C1C=CC(=N1)C(c1ccccc1)=C1C=CC(=N1)C(c1ccccc1)=c1ccc([nH]1)=C2c1ccccc1. The first-order valence-corrected chi connectivity index (χ1v) is 16.7. The van der Waals surface area contributed by atoms with Gasteiger partial charge in [-0.25, -0.2) is 9.98 Å². The molecule has 5 aromatic rings. The number of hydrogen-bond donors (Lipinski definition) is 1. The zero-order valence-corrected chi connectivity index (χ0v) is 27.0. The summed E-state index contributed by atoms with van der Waals surface area (Å²) in [5, 5.41) is 2.04. The Hall–Kier alpha value is -6.39. The summed E-state index contributed by atoms with van der Waals surface area (Å²) in [6, 6.07) is 46.5. The van der Waals surface area contributed by atoms with Crippen molar-refractivity contribution in [1.82, 2.24) is 4.98 Å². The number of fused-ring (bicyclic) bond motifs is 6. The molecule has 4 aromatic carbocycles. The van der Waals surface area contributed by atoms with Crippen molar-refractivity contribution < 1.29 is 0 Å². The van der Waals surface area contributed by atoms with E-state index < -0.39 is 0 Å². The highest BCUT2D eigenvalue weighted by molar-refractivity contribution is 6.36. The lowest BCUT2D eigenvalue weighted by atomic mass is 9.84. The van der Waals surface area contributed by atoms with Crippen molar-refractivity contribution in [2.75, 3.05) is 0 Å². The third-order valence-corrected chi connectivity index (χ3v) is 9.54. The van der Waals surface area contributed by atoms with Crippen LogP contribution in [0.4, 0.5) is 0 Å². The lowest BCUT2D eigenvalue weighted by molar-refractivity contribution is 0.977. The van der Waals surface area contributed by atoms with E-state index in [-0.39, 0.29) is 5.92 Å². The van der Waals surface area contributed by atoms with Crippen molar-refractivity contribution >= 4 is 39.4 Å². The van der Waals surface area contributed by atoms with Crippen molar-refractivity contribution in [3.63, 3.8) is 0 Å². The van der Waals surface area contributed by atoms with Gasteiger partial charge in [-0.15, -0.1) is 0 Å². The van der Waals surface area contributed by atoms with Gasteiger partial charge in [-0.2, -0.15) is 0 Å². The monoisotopic (exact) mass is 628 g/mol. The van der Waals surface area contributed by atoms with E-state index in [0.717, 1.165) is 89.3 Å². The van der Waals surface area contributed by atoms with Crippen molar-refractivity contribution in [1.29, 1.82) is 0 Å². The van der Waals surface area contributed by atoms with Crippen LogP contribution in [0, 0.1) is 5.92 Å². The number of allylic oxidation sites excluding steroid dienone is 7. The van der Waals surface area contributed by atoms with Gasteiger partial charge in [-0.05, 0) is 64.3 Å². The fourth-order valence-electron chi connectivity index (χ4n) is 7.23. The highest BCUT2D eigenvalue weighted by Gasteiger charge is 2.31. The molecule has 1 aromatic heterocycles. The predicted molar refractivity (Wildman–Crippen MR) is 203 cm³/mol. The molecule has 0 saturated carbocycles. The van der Waals surface area contributed by atoms with E-state index in [1.54, 1.807) is 0 Å². The summed E-state index contributed by atoms with van der Waals surface area (Å²) >= 11 is 0. The topological polar surface area (TPSA) is 52.9 Å². The highest BCUT2D eigenvalue weighted by atomic mass is 14.8. The van der Waals surface area contributed by atoms with Gasteiger partial charge in [-0.1, -0.05) is 128 Å². The summed E-state index contributed by atoms with van der Waals surface area (Å²) in [5.41, 5.74) is 14.3. The smallest absolute Gasteiger partial charge is 0.0738 e. The maximum atomic E-state index is 5.37. The molecule has 4 aliphatic heterocycles. The van der Waals surface area contributed by atoms with E-state index in [9.17, 15) is 0 Å². The summed E-state index contributed by atoms with van der Waals surface area (Å²) in [7, 11) is 0. The molecule has 8 bridgehead atoms. The molecule has 4 heteroatoms. The van der Waals surface area contributed by atoms with Crippen LogP contribution in [0.3, 0.4) is 0 Å². The van der Waals surface area contributed by atoms with Gasteiger partial charge in [0.2, 0.25) is 0 Å². The number of nitrogens with zero attached hydrogens (tertiary/aromatic N) is 3. The van der Waals surface area contributed by atoms with Gasteiger partial charge >= 0.3 is 0 Å². The Morgan fingerprint density at radius 1 is 0.449 bits per heavy atom. The van der Waals surface area contributed by atoms with Crippen LogP contribution in [0.15, 0.2) is 196 Å². The minimum atomic E-state index is 0.0111. The second kappa shape index (κ2) is 12.0. The van der Waals surface area contributed by atoms with Crippen LogP contribution in [0.1, 0.15) is 29.2 Å². The summed E-state index contributed by atoms with van der Waals surface area (Å²) in [5.74, 6) is 0.0111. The molecule has 9 rings (SSSR count). The number of hydrogen-bond acceptors (Lipinski definition) is 3. The quantitative estimate of drug-likeness (QED) is 0.209. The van der Waals surface area contributed by atoms with Crippen LogP contribution < -0.4 is 10.7 Å². The van der Waals surface area contributed by atoms with Gasteiger partial charge in [0.25, 0.3) is 0 Å². The molecule has 0 amide bonds. The third kappa shape index (κ3) is 5.06. The summed E-state index contributed by atoms with van der Waals surface area (Å²) in [4.78, 5) is 19.8. The van der Waals surface area contributed by atoms with E-state index >= 15 is 0 Å². The number of aromatic amines is 1. The molecule has 49 heavy (non-hydrogen) atoms. The first kappa shape index (κ1) is 28.8. The van der Waals surface area contributed by atoms with Gasteiger partial charge in [0, 0.05) is 45.1 Å². The van der Waals surface area contributed by atoms with Crippen LogP contribution >= 0.6 is 0 Å². The highest BCUT2D eigenvalue weighted by Crippen LogP contribution is 2.39. The molecular weight excluding hydrogens is 597 g/mol. The van der Waals surface area contributed by atoms with Crippen LogP contribution in [0.25, 0.3) is 22.3 Å². The molecular formula is C45H32N4. The minimum Gasteiger partial charge on any atom is -0.354 e. The molecule has 232 valence electrons. The lowest BCUT2D eigenvalue weighted by Crippen LogP contribution is -2.21. The largest absolute Gasteiger partial charge is 0.354 e. The molecule has 0 radical (unpaired) electrons. The fourth-order valence-corrected chi connectivity index (χ4v) is 7.23. The van der Waals surface area contributed by atoms with Crippen molar-refractivity contribution in [3.8, 4) is 0 Å². The van der Waals surface area contributed by atoms with E-state index in [2.05, 4.69) is 170 Å². The van der Waals surface area contributed by atoms with Gasteiger partial charge in [0.15, 0.2) is 0 Å². The number of H-pyrrole nitrogens is 1. The zero-order valence-electron chi connectivity index (χ0n) is 27.0. The average molecular weight is 629 g/mol. The number of benzene rings is 4. The van der Waals surface area contributed by atoms with Crippen LogP contribution in [-0.2, 0) is 0 Å². The molecule has 5 heterocycles. The molecule has 4 nitrogen and oxygen atoms in total. The summed E-state index contributed by atoms with van der Waals surface area (Å²) in [6.45, 7) is 2.26. The minimum absolute atomic E-state index is 0.0111. The maximum absolute atomic E-state index is 5.37. The van der Waals surface area contributed by atoms with Gasteiger partial charge < -0.3 is 4.98 Å². The molecule has 1 unspecified atom stereocenters. The number of rotatable bonds is 4. The molecule has 0 fully saturated rings. The second-order valence-corrected chi connectivity index (χ2v) is 12.5. The Kier molecular flexibility index (Phi) is 7.06. The third-order valence-electron chi connectivity index (χ3n) is 9.54. The Balaban J connectivity index is 1.40. The second-order valence-electron chi connectivity index (χ2n) is 12.5. The van der Waals surface area contributed by atoms with Crippen molar-refractivity contribution in [3.05, 3.63) is 214 Å². The lowest BCUT2D eigenvalue weighted by Gasteiger charge is -2.19. The van der Waals surface area contributed by atoms with E-state index in [0.29, 0.717) is 0 Å². The standard InChI is InChI=1S/C45H32N4/c1-29-34-28-46-45(29)44(33-20-12-5-13-21-33)40-27-26-39(49-40)43(32-18-10-4-11-19-32)38-25-24-37(48-38)42(31-16-8-3-9-17-31)36-23-22-35(47-36)41(34)30-14-6-2-7-15-30/h2-29,47H,1H3. The van der Waals surface area contributed by atoms with Gasteiger partial charge in [0.1, 0.15) is 0 Å². The normalized spacial score (nSPS) is 18.2. The number of aliphatic imine (C=N–C) groups is 3. The molecule has 1 atom stereocenters.